The predicted molar refractivity (Wildman–Crippen MR) is 132 cm³/mol. The molecular weight excluding hydrogens is 502 g/mol. The van der Waals surface area contributed by atoms with Crippen LogP contribution in [0.25, 0.3) is 5.57 Å². The first kappa shape index (κ1) is 23.4. The van der Waals surface area contributed by atoms with Gasteiger partial charge in [0.25, 0.3) is 20.2 Å². The van der Waals surface area contributed by atoms with Crippen LogP contribution in [-0.4, -0.2) is 39.0 Å². The lowest BCUT2D eigenvalue weighted by Crippen LogP contribution is -2.45. The van der Waals surface area contributed by atoms with E-state index >= 15 is 0 Å². The minimum Gasteiger partial charge on any atom is -0.456 e. The van der Waals surface area contributed by atoms with Gasteiger partial charge in [0.2, 0.25) is 5.36 Å². The van der Waals surface area contributed by atoms with E-state index in [1.165, 1.54) is 11.4 Å². The smallest absolute Gasteiger partial charge is 0.295 e. The van der Waals surface area contributed by atoms with Crippen LogP contribution >= 0.6 is 0 Å². The highest BCUT2D eigenvalue weighted by atomic mass is 32.2. The van der Waals surface area contributed by atoms with Crippen LogP contribution < -0.4 is 19.9 Å². The summed E-state index contributed by atoms with van der Waals surface area (Å²) in [6.07, 6.45) is 3.69. The lowest BCUT2D eigenvalue weighted by molar-refractivity contribution is 0.437. The van der Waals surface area contributed by atoms with Crippen molar-refractivity contribution in [1.29, 1.82) is 0 Å². The lowest BCUT2D eigenvalue weighted by atomic mass is 9.87. The normalized spacial score (nSPS) is 16.6. The number of hydrogen-bond acceptors (Lipinski definition) is 5. The van der Waals surface area contributed by atoms with Gasteiger partial charge in [-0.05, 0) is 49.6 Å². The van der Waals surface area contributed by atoms with E-state index in [0.29, 0.717) is 27.9 Å². The second kappa shape index (κ2) is 7.97. The number of hydrogen-bond donors (Lipinski definition) is 2. The molecule has 6 rings (SSSR count). The van der Waals surface area contributed by atoms with Gasteiger partial charge in [-0.1, -0.05) is 18.2 Å². The molecule has 36 heavy (non-hydrogen) atoms. The summed E-state index contributed by atoms with van der Waals surface area (Å²) in [5, 5.41) is 1.90. The third-order valence-corrected chi connectivity index (χ3v) is 8.90. The zero-order valence-corrected chi connectivity index (χ0v) is 21.1. The van der Waals surface area contributed by atoms with Crippen LogP contribution in [0.2, 0.25) is 0 Å². The van der Waals surface area contributed by atoms with Gasteiger partial charge in [0.1, 0.15) is 29.5 Å². The topological polar surface area (TPSA) is 121 Å². The summed E-state index contributed by atoms with van der Waals surface area (Å²) in [6.45, 7) is 3.89. The van der Waals surface area contributed by atoms with Crippen LogP contribution in [0.3, 0.4) is 0 Å². The number of aryl methyl sites for hydroxylation is 2. The molecule has 3 aliphatic heterocycles. The fraction of sp³-hybridized carbons (Fsp3) is 0.269. The van der Waals surface area contributed by atoms with Crippen LogP contribution in [0.4, 0.5) is 0 Å². The van der Waals surface area contributed by atoms with Crippen LogP contribution in [0.1, 0.15) is 40.7 Å². The van der Waals surface area contributed by atoms with Crippen molar-refractivity contribution in [3.63, 3.8) is 0 Å². The third kappa shape index (κ3) is 3.67. The fourth-order valence-electron chi connectivity index (χ4n) is 5.68. The molecule has 8 nitrogen and oxygen atoms in total. The first-order valence-corrected chi connectivity index (χ1v) is 14.6. The van der Waals surface area contributed by atoms with Gasteiger partial charge < -0.3 is 4.74 Å². The van der Waals surface area contributed by atoms with E-state index in [1.54, 1.807) is 0 Å². The van der Waals surface area contributed by atoms with Gasteiger partial charge in [-0.2, -0.15) is 16.8 Å². The molecule has 186 valence electrons. The number of ether oxygens (including phenoxy) is 1. The fourth-order valence-corrected chi connectivity index (χ4v) is 6.99. The highest BCUT2D eigenvalue weighted by molar-refractivity contribution is 7.86. The zero-order chi connectivity index (χ0) is 25.4. The molecule has 0 radical (unpaired) electrons. The number of nitrogens with zero attached hydrogens (tertiary/aromatic N) is 1. The summed E-state index contributed by atoms with van der Waals surface area (Å²) in [4.78, 5) is -1.22. The van der Waals surface area contributed by atoms with Crippen molar-refractivity contribution in [2.75, 3.05) is 13.1 Å². The summed E-state index contributed by atoms with van der Waals surface area (Å²) >= 11 is 0. The molecule has 2 N–H and O–H groups in total. The van der Waals surface area contributed by atoms with E-state index in [0.717, 1.165) is 67.6 Å². The quantitative estimate of drug-likeness (QED) is 0.310. The molecule has 0 aliphatic carbocycles. The van der Waals surface area contributed by atoms with Gasteiger partial charge in [0.05, 0.1) is 10.5 Å². The number of fused-ring (bicyclic) bond motifs is 3. The van der Waals surface area contributed by atoms with E-state index < -0.39 is 30.0 Å². The maximum Gasteiger partial charge on any atom is 0.295 e. The Morgan fingerprint density at radius 3 is 2.31 bits per heavy atom. The molecular formula is C26H24NO7S2+. The molecule has 0 atom stereocenters. The van der Waals surface area contributed by atoms with Crippen molar-refractivity contribution in [1.82, 2.24) is 4.58 Å². The molecule has 10 heteroatoms. The molecule has 0 spiro atoms. The van der Waals surface area contributed by atoms with Gasteiger partial charge in [0.15, 0.2) is 0 Å². The second-order valence-corrected chi connectivity index (χ2v) is 12.3. The summed E-state index contributed by atoms with van der Waals surface area (Å²) in [5.41, 5.74) is 4.50. The summed E-state index contributed by atoms with van der Waals surface area (Å²) < 4.78 is 77.0. The maximum atomic E-state index is 12.5. The van der Waals surface area contributed by atoms with Gasteiger partial charge in [-0.3, -0.25) is 9.11 Å². The Bertz CT molecular complexity index is 1820. The highest BCUT2D eigenvalue weighted by Gasteiger charge is 2.33. The van der Waals surface area contributed by atoms with Crippen molar-refractivity contribution in [3.8, 4) is 11.5 Å². The van der Waals surface area contributed by atoms with Crippen molar-refractivity contribution < 1.29 is 30.7 Å². The van der Waals surface area contributed by atoms with Gasteiger partial charge in [0, 0.05) is 40.3 Å². The standard InChI is InChI=1S/C26H23NO7S2/c1-15-6-8-18-22(12-15)34-26-20-5-3-11-27-10-2-4-16(25(20)27)13-21(26)24(18)19-9-7-17(35(28,29)30)14-23(19)36(31,32)33/h6-9,12-14H,2-5,10-11H2,1H3,(H-,28,29,30,31,32,33)/p+1. The Hall–Kier alpha value is -3.05. The molecule has 0 amide bonds. The van der Waals surface area contributed by atoms with Gasteiger partial charge in [-0.25, -0.2) is 4.58 Å². The van der Waals surface area contributed by atoms with Gasteiger partial charge in [-0.15, -0.1) is 0 Å². The Morgan fingerprint density at radius 2 is 1.58 bits per heavy atom. The molecule has 3 aliphatic rings. The molecule has 3 heterocycles. The largest absolute Gasteiger partial charge is 0.456 e. The maximum absolute atomic E-state index is 12.5. The molecule has 0 saturated carbocycles. The van der Waals surface area contributed by atoms with Crippen molar-refractivity contribution >= 4 is 25.8 Å². The average Bonchev–Trinajstić information content (AvgIpc) is 2.82. The Labute approximate surface area is 208 Å². The minimum absolute atomic E-state index is 0.134. The predicted octanol–water partition coefficient (Wildman–Crippen LogP) is 2.22. The summed E-state index contributed by atoms with van der Waals surface area (Å²) in [7, 11) is -9.55. The Morgan fingerprint density at radius 1 is 0.861 bits per heavy atom. The van der Waals surface area contributed by atoms with Crippen LogP contribution in [0.5, 0.6) is 11.5 Å². The molecule has 0 aromatic heterocycles. The highest BCUT2D eigenvalue weighted by Crippen LogP contribution is 2.40. The third-order valence-electron chi connectivity index (χ3n) is 7.16. The minimum atomic E-state index is -4.85. The molecule has 3 aromatic carbocycles. The van der Waals surface area contributed by atoms with E-state index in [9.17, 15) is 25.9 Å². The number of rotatable bonds is 3. The summed E-state index contributed by atoms with van der Waals surface area (Å²) in [5.74, 6) is 1.22. The SMILES string of the molecule is Cc1ccc2c(c1)Oc1c3c4c(cc1=C2c1ccc(S(=O)(=O)O)cc1S(=O)(=O)O)CCC[N+]=4CCC3. The Kier molecular flexibility index (Phi) is 5.17. The van der Waals surface area contributed by atoms with E-state index in [1.807, 2.05) is 31.2 Å². The van der Waals surface area contributed by atoms with E-state index in [2.05, 4.69) is 4.58 Å². The van der Waals surface area contributed by atoms with Crippen molar-refractivity contribution in [3.05, 3.63) is 80.9 Å². The van der Waals surface area contributed by atoms with Crippen LogP contribution in [-0.2, 0) is 33.1 Å². The van der Waals surface area contributed by atoms with Crippen molar-refractivity contribution in [2.45, 2.75) is 42.4 Å². The van der Waals surface area contributed by atoms with Crippen molar-refractivity contribution in [2.24, 2.45) is 0 Å². The second-order valence-electron chi connectivity index (χ2n) is 9.52. The van der Waals surface area contributed by atoms with E-state index in [4.69, 9.17) is 4.74 Å². The first-order chi connectivity index (χ1) is 17.0. The lowest BCUT2D eigenvalue weighted by Gasteiger charge is -2.27. The number of benzene rings is 3. The van der Waals surface area contributed by atoms with Crippen LogP contribution in [0, 0.1) is 6.92 Å². The molecule has 0 fully saturated rings. The first-order valence-electron chi connectivity index (χ1n) is 11.7. The monoisotopic (exact) mass is 526 g/mol. The molecule has 0 unspecified atom stereocenters. The Balaban J connectivity index is 1.81. The van der Waals surface area contributed by atoms with Crippen LogP contribution in [0.15, 0.2) is 52.3 Å². The summed E-state index contributed by atoms with van der Waals surface area (Å²) in [6, 6.07) is 10.9. The average molecular weight is 527 g/mol. The van der Waals surface area contributed by atoms with E-state index in [-0.39, 0.29) is 5.56 Å². The zero-order valence-electron chi connectivity index (χ0n) is 19.5. The molecule has 3 aromatic rings. The molecule has 0 saturated heterocycles. The molecule has 0 bridgehead atoms. The van der Waals surface area contributed by atoms with Gasteiger partial charge >= 0.3 is 0 Å².